The summed E-state index contributed by atoms with van der Waals surface area (Å²) < 4.78 is 41.5. The van der Waals surface area contributed by atoms with Gasteiger partial charge in [0.2, 0.25) is 0 Å². The molecule has 1 aliphatic heterocycles. The van der Waals surface area contributed by atoms with E-state index in [0.717, 1.165) is 31.7 Å². The van der Waals surface area contributed by atoms with Gasteiger partial charge in [0.1, 0.15) is 5.75 Å². The number of hydrogen-bond donors (Lipinski definition) is 1. The van der Waals surface area contributed by atoms with E-state index in [1.54, 1.807) is 0 Å². The number of anilines is 1. The summed E-state index contributed by atoms with van der Waals surface area (Å²) in [6.45, 7) is 5.95. The number of nitrogens with zero attached hydrogens (tertiary/aromatic N) is 1. The van der Waals surface area contributed by atoms with Crippen molar-refractivity contribution in [1.82, 2.24) is 5.32 Å². The molecule has 0 radical (unpaired) electrons. The fraction of sp³-hybridized carbons (Fsp3) is 0.600. The largest absolute Gasteiger partial charge is 0.494 e. The van der Waals surface area contributed by atoms with Crippen molar-refractivity contribution in [3.8, 4) is 5.75 Å². The molecule has 0 saturated carbocycles. The standard InChI is InChI=1S/C15H21F3N2O/c1-12-11-13(21-10-2-5-15(16,17)18)3-4-14(12)20-8-6-19-7-9-20/h3-4,11,19H,2,5-10H2,1H3. The molecule has 0 aromatic heterocycles. The molecule has 21 heavy (non-hydrogen) atoms. The minimum atomic E-state index is -4.11. The second-order valence-electron chi connectivity index (χ2n) is 5.25. The minimum absolute atomic E-state index is 0.0118. The Hall–Kier alpha value is -1.43. The molecule has 0 bridgehead atoms. The van der Waals surface area contributed by atoms with E-state index in [2.05, 4.69) is 10.2 Å². The lowest BCUT2D eigenvalue weighted by molar-refractivity contribution is -0.136. The molecular weight excluding hydrogens is 281 g/mol. The Morgan fingerprint density at radius 1 is 1.24 bits per heavy atom. The van der Waals surface area contributed by atoms with Crippen molar-refractivity contribution in [3.05, 3.63) is 23.8 Å². The lowest BCUT2D eigenvalue weighted by Gasteiger charge is -2.30. The van der Waals surface area contributed by atoms with Gasteiger partial charge in [0.25, 0.3) is 0 Å². The van der Waals surface area contributed by atoms with Crippen molar-refractivity contribution < 1.29 is 17.9 Å². The predicted molar refractivity (Wildman–Crippen MR) is 77.0 cm³/mol. The number of ether oxygens (including phenoxy) is 1. The maximum atomic E-state index is 12.0. The molecule has 1 heterocycles. The molecule has 1 aliphatic rings. The second kappa shape index (κ2) is 7.02. The first-order valence-corrected chi connectivity index (χ1v) is 7.21. The van der Waals surface area contributed by atoms with Crippen LogP contribution in [0.25, 0.3) is 0 Å². The summed E-state index contributed by atoms with van der Waals surface area (Å²) in [6.07, 6.45) is -4.92. The fourth-order valence-corrected chi connectivity index (χ4v) is 2.44. The number of hydrogen-bond acceptors (Lipinski definition) is 3. The van der Waals surface area contributed by atoms with Crippen LogP contribution in [-0.4, -0.2) is 39.0 Å². The zero-order valence-electron chi connectivity index (χ0n) is 12.2. The first kappa shape index (κ1) is 15.9. The average Bonchev–Trinajstić information content (AvgIpc) is 2.44. The zero-order valence-corrected chi connectivity index (χ0v) is 12.2. The number of aryl methyl sites for hydroxylation is 1. The Labute approximate surface area is 123 Å². The van der Waals surface area contributed by atoms with Gasteiger partial charge in [-0.15, -0.1) is 0 Å². The minimum Gasteiger partial charge on any atom is -0.494 e. The third-order valence-electron chi connectivity index (χ3n) is 3.50. The van der Waals surface area contributed by atoms with Crippen LogP contribution in [0, 0.1) is 6.92 Å². The molecule has 1 aromatic carbocycles. The van der Waals surface area contributed by atoms with Crippen molar-refractivity contribution in [2.24, 2.45) is 0 Å². The maximum absolute atomic E-state index is 12.0. The molecule has 0 spiro atoms. The molecule has 1 aromatic rings. The van der Waals surface area contributed by atoms with E-state index in [4.69, 9.17) is 4.74 Å². The van der Waals surface area contributed by atoms with E-state index < -0.39 is 12.6 Å². The first-order valence-electron chi connectivity index (χ1n) is 7.21. The summed E-state index contributed by atoms with van der Waals surface area (Å²) in [4.78, 5) is 2.30. The van der Waals surface area contributed by atoms with Gasteiger partial charge >= 0.3 is 6.18 Å². The van der Waals surface area contributed by atoms with Crippen LogP contribution in [0.15, 0.2) is 18.2 Å². The van der Waals surface area contributed by atoms with Crippen molar-refractivity contribution in [1.29, 1.82) is 0 Å². The van der Waals surface area contributed by atoms with E-state index in [1.807, 2.05) is 25.1 Å². The van der Waals surface area contributed by atoms with E-state index in [9.17, 15) is 13.2 Å². The molecule has 0 amide bonds. The summed E-state index contributed by atoms with van der Waals surface area (Å²) in [7, 11) is 0. The molecular formula is C15H21F3N2O. The quantitative estimate of drug-likeness (QED) is 0.846. The van der Waals surface area contributed by atoms with Gasteiger partial charge in [0, 0.05) is 38.3 Å². The van der Waals surface area contributed by atoms with Gasteiger partial charge in [-0.25, -0.2) is 0 Å². The summed E-state index contributed by atoms with van der Waals surface area (Å²) in [6, 6.07) is 5.71. The summed E-state index contributed by atoms with van der Waals surface area (Å²) in [5, 5.41) is 3.30. The average molecular weight is 302 g/mol. The Kier molecular flexibility index (Phi) is 5.33. The smallest absolute Gasteiger partial charge is 0.389 e. The van der Waals surface area contributed by atoms with E-state index in [1.165, 1.54) is 5.69 Å². The highest BCUT2D eigenvalue weighted by atomic mass is 19.4. The van der Waals surface area contributed by atoms with Crippen molar-refractivity contribution in [2.75, 3.05) is 37.7 Å². The molecule has 3 nitrogen and oxygen atoms in total. The summed E-state index contributed by atoms with van der Waals surface area (Å²) in [5.74, 6) is 0.633. The lowest BCUT2D eigenvalue weighted by Crippen LogP contribution is -2.43. The highest BCUT2D eigenvalue weighted by Crippen LogP contribution is 2.26. The highest BCUT2D eigenvalue weighted by Gasteiger charge is 2.26. The molecule has 1 fully saturated rings. The number of nitrogens with one attached hydrogen (secondary N) is 1. The van der Waals surface area contributed by atoms with Gasteiger partial charge in [0.15, 0.2) is 0 Å². The molecule has 0 aliphatic carbocycles. The zero-order chi connectivity index (χ0) is 15.3. The van der Waals surface area contributed by atoms with Crippen LogP contribution >= 0.6 is 0 Å². The van der Waals surface area contributed by atoms with Crippen LogP contribution in [0.2, 0.25) is 0 Å². The van der Waals surface area contributed by atoms with Crippen LogP contribution in [0.1, 0.15) is 18.4 Å². The normalized spacial score (nSPS) is 16.1. The fourth-order valence-electron chi connectivity index (χ4n) is 2.44. The van der Waals surface area contributed by atoms with Gasteiger partial charge in [-0.3, -0.25) is 0 Å². The number of benzene rings is 1. The van der Waals surface area contributed by atoms with Gasteiger partial charge in [-0.05, 0) is 37.1 Å². The van der Waals surface area contributed by atoms with E-state index >= 15 is 0 Å². The van der Waals surface area contributed by atoms with Crippen LogP contribution in [0.3, 0.4) is 0 Å². The SMILES string of the molecule is Cc1cc(OCCCC(F)(F)F)ccc1N1CCNCC1. The third kappa shape index (κ3) is 5.12. The van der Waals surface area contributed by atoms with E-state index in [0.29, 0.717) is 5.75 Å². The molecule has 1 saturated heterocycles. The van der Waals surface area contributed by atoms with Gasteiger partial charge < -0.3 is 15.0 Å². The predicted octanol–water partition coefficient (Wildman–Crippen LogP) is 3.13. The summed E-state index contributed by atoms with van der Waals surface area (Å²) in [5.41, 5.74) is 2.25. The Balaban J connectivity index is 1.86. The molecule has 0 unspecified atom stereocenters. The van der Waals surface area contributed by atoms with Gasteiger partial charge in [-0.1, -0.05) is 0 Å². The van der Waals surface area contributed by atoms with Crippen LogP contribution in [0.4, 0.5) is 18.9 Å². The molecule has 118 valence electrons. The Bertz CT molecular complexity index is 457. The Morgan fingerprint density at radius 2 is 1.95 bits per heavy atom. The third-order valence-corrected chi connectivity index (χ3v) is 3.50. The Morgan fingerprint density at radius 3 is 2.57 bits per heavy atom. The first-order chi connectivity index (χ1) is 9.96. The van der Waals surface area contributed by atoms with Crippen molar-refractivity contribution in [3.63, 3.8) is 0 Å². The number of piperazine rings is 1. The molecule has 1 N–H and O–H groups in total. The van der Waals surface area contributed by atoms with Crippen LogP contribution in [0.5, 0.6) is 5.75 Å². The van der Waals surface area contributed by atoms with Crippen LogP contribution < -0.4 is 15.0 Å². The number of rotatable bonds is 5. The van der Waals surface area contributed by atoms with Crippen molar-refractivity contribution in [2.45, 2.75) is 25.9 Å². The monoisotopic (exact) mass is 302 g/mol. The van der Waals surface area contributed by atoms with Gasteiger partial charge in [-0.2, -0.15) is 13.2 Å². The number of halogens is 3. The topological polar surface area (TPSA) is 24.5 Å². The van der Waals surface area contributed by atoms with Crippen molar-refractivity contribution >= 4 is 5.69 Å². The molecule has 6 heteroatoms. The van der Waals surface area contributed by atoms with Gasteiger partial charge in [0.05, 0.1) is 6.61 Å². The molecule has 0 atom stereocenters. The highest BCUT2D eigenvalue weighted by molar-refractivity contribution is 5.56. The lowest BCUT2D eigenvalue weighted by atomic mass is 10.1. The van der Waals surface area contributed by atoms with Crippen LogP contribution in [-0.2, 0) is 0 Å². The molecule has 2 rings (SSSR count). The van der Waals surface area contributed by atoms with E-state index in [-0.39, 0.29) is 13.0 Å². The maximum Gasteiger partial charge on any atom is 0.389 e. The summed E-state index contributed by atoms with van der Waals surface area (Å²) >= 11 is 0. The number of alkyl halides is 3. The second-order valence-corrected chi connectivity index (χ2v) is 5.25.